The Kier molecular flexibility index (Phi) is 7.19. The number of ether oxygens (including phenoxy) is 1. The van der Waals surface area contributed by atoms with Crippen LogP contribution in [0.15, 0.2) is 54.6 Å². The highest BCUT2D eigenvalue weighted by atomic mass is 16.5. The summed E-state index contributed by atoms with van der Waals surface area (Å²) >= 11 is 0. The summed E-state index contributed by atoms with van der Waals surface area (Å²) in [7, 11) is 0. The summed E-state index contributed by atoms with van der Waals surface area (Å²) in [6.07, 6.45) is 3.11. The van der Waals surface area contributed by atoms with Gasteiger partial charge in [0, 0.05) is 28.8 Å². The number of rotatable bonds is 8. The molecule has 1 aromatic heterocycles. The number of carboxylic acids is 1. The van der Waals surface area contributed by atoms with Gasteiger partial charge < -0.3 is 15.2 Å². The monoisotopic (exact) mass is 447 g/mol. The first kappa shape index (κ1) is 22.7. The van der Waals surface area contributed by atoms with E-state index >= 15 is 0 Å². The Morgan fingerprint density at radius 3 is 2.55 bits per heavy atom. The molecule has 7 heteroatoms. The predicted molar refractivity (Wildman–Crippen MR) is 126 cm³/mol. The Morgan fingerprint density at radius 1 is 1.09 bits per heavy atom. The SMILES string of the molecule is Cc1cc(COc2ccc(C(=O)NC[C@@H](C(=O)O)N3CCCCC3)cc2)c2ccccc2n1. The van der Waals surface area contributed by atoms with Crippen molar-refractivity contribution < 1.29 is 19.4 Å². The first-order valence-electron chi connectivity index (χ1n) is 11.3. The van der Waals surface area contributed by atoms with E-state index in [1.54, 1.807) is 24.3 Å². The van der Waals surface area contributed by atoms with Crippen LogP contribution in [0.25, 0.3) is 10.9 Å². The largest absolute Gasteiger partial charge is 0.489 e. The molecular formula is C26H29N3O4. The Bertz CT molecular complexity index is 1120. The van der Waals surface area contributed by atoms with Gasteiger partial charge in [-0.25, -0.2) is 0 Å². The lowest BCUT2D eigenvalue weighted by Gasteiger charge is -2.31. The number of aromatic nitrogens is 1. The first-order chi connectivity index (χ1) is 16.0. The highest BCUT2D eigenvalue weighted by Crippen LogP contribution is 2.21. The van der Waals surface area contributed by atoms with Crippen molar-refractivity contribution in [1.29, 1.82) is 0 Å². The van der Waals surface area contributed by atoms with Crippen molar-refractivity contribution in [1.82, 2.24) is 15.2 Å². The minimum atomic E-state index is -0.903. The molecule has 0 saturated carbocycles. The highest BCUT2D eigenvalue weighted by Gasteiger charge is 2.27. The molecule has 7 nitrogen and oxygen atoms in total. The van der Waals surface area contributed by atoms with Crippen LogP contribution in [0.1, 0.15) is 40.9 Å². The third-order valence-corrected chi connectivity index (χ3v) is 6.01. The summed E-state index contributed by atoms with van der Waals surface area (Å²) in [6, 6.07) is 16.2. The van der Waals surface area contributed by atoms with Crippen molar-refractivity contribution in [3.05, 3.63) is 71.4 Å². The van der Waals surface area contributed by atoms with E-state index in [2.05, 4.69) is 10.3 Å². The molecule has 0 aliphatic carbocycles. The highest BCUT2D eigenvalue weighted by molar-refractivity contribution is 5.94. The second-order valence-electron chi connectivity index (χ2n) is 8.41. The zero-order valence-corrected chi connectivity index (χ0v) is 18.8. The lowest BCUT2D eigenvalue weighted by atomic mass is 10.1. The fourth-order valence-electron chi connectivity index (χ4n) is 4.27. The van der Waals surface area contributed by atoms with Gasteiger partial charge in [-0.3, -0.25) is 19.5 Å². The average Bonchev–Trinajstić information content (AvgIpc) is 2.83. The summed E-state index contributed by atoms with van der Waals surface area (Å²) < 4.78 is 5.96. The van der Waals surface area contributed by atoms with Gasteiger partial charge in [-0.15, -0.1) is 0 Å². The lowest BCUT2D eigenvalue weighted by Crippen LogP contribution is -2.50. The molecule has 1 aliphatic rings. The van der Waals surface area contributed by atoms with Crippen LogP contribution in [-0.2, 0) is 11.4 Å². The van der Waals surface area contributed by atoms with Gasteiger partial charge in [0.15, 0.2) is 0 Å². The smallest absolute Gasteiger partial charge is 0.322 e. The van der Waals surface area contributed by atoms with Crippen LogP contribution in [0.5, 0.6) is 5.75 Å². The number of fused-ring (bicyclic) bond motifs is 1. The van der Waals surface area contributed by atoms with Gasteiger partial charge >= 0.3 is 5.97 Å². The van der Waals surface area contributed by atoms with Crippen LogP contribution in [0.4, 0.5) is 0 Å². The number of carbonyl (C=O) groups is 2. The van der Waals surface area contributed by atoms with Gasteiger partial charge in [0.1, 0.15) is 18.4 Å². The molecule has 0 radical (unpaired) electrons. The van der Waals surface area contributed by atoms with Crippen molar-refractivity contribution in [2.24, 2.45) is 0 Å². The number of carboxylic acid groups (broad SMARTS) is 1. The Balaban J connectivity index is 1.35. The van der Waals surface area contributed by atoms with Gasteiger partial charge in [-0.05, 0) is 69.3 Å². The van der Waals surface area contributed by atoms with Crippen LogP contribution in [0, 0.1) is 6.92 Å². The third kappa shape index (κ3) is 5.68. The second-order valence-corrected chi connectivity index (χ2v) is 8.41. The number of carbonyl (C=O) groups excluding carboxylic acids is 1. The molecule has 1 atom stereocenters. The van der Waals surface area contributed by atoms with E-state index in [4.69, 9.17) is 4.74 Å². The molecule has 0 spiro atoms. The molecule has 0 bridgehead atoms. The minimum absolute atomic E-state index is 0.0842. The van der Waals surface area contributed by atoms with Crippen molar-refractivity contribution in [3.8, 4) is 5.75 Å². The van der Waals surface area contributed by atoms with Crippen molar-refractivity contribution in [3.63, 3.8) is 0 Å². The number of para-hydroxylation sites is 1. The average molecular weight is 448 g/mol. The Morgan fingerprint density at radius 2 is 1.82 bits per heavy atom. The van der Waals surface area contributed by atoms with Crippen molar-refractivity contribution in [2.75, 3.05) is 19.6 Å². The molecule has 4 rings (SSSR count). The first-order valence-corrected chi connectivity index (χ1v) is 11.3. The number of likely N-dealkylation sites (tertiary alicyclic amines) is 1. The van der Waals surface area contributed by atoms with E-state index in [0.717, 1.165) is 54.5 Å². The molecule has 2 aromatic carbocycles. The number of hydrogen-bond acceptors (Lipinski definition) is 5. The minimum Gasteiger partial charge on any atom is -0.489 e. The maximum atomic E-state index is 12.6. The standard InChI is InChI=1S/C26H29N3O4/c1-18-15-20(22-7-3-4-8-23(22)28-18)17-33-21-11-9-19(10-12-21)25(30)27-16-24(26(31)32)29-13-5-2-6-14-29/h3-4,7-12,15,24H,2,5-6,13-14,16-17H2,1H3,(H,27,30)(H,31,32)/t24-/m0/s1. The van der Waals surface area contributed by atoms with E-state index in [0.29, 0.717) is 17.9 Å². The number of piperidine rings is 1. The van der Waals surface area contributed by atoms with Gasteiger partial charge in [0.05, 0.1) is 5.52 Å². The normalized spacial score (nSPS) is 15.2. The van der Waals surface area contributed by atoms with Crippen LogP contribution in [0.2, 0.25) is 0 Å². The third-order valence-electron chi connectivity index (χ3n) is 6.01. The fraction of sp³-hybridized carbons (Fsp3) is 0.346. The molecule has 33 heavy (non-hydrogen) atoms. The summed E-state index contributed by atoms with van der Waals surface area (Å²) in [5.74, 6) is -0.540. The zero-order valence-electron chi connectivity index (χ0n) is 18.8. The summed E-state index contributed by atoms with van der Waals surface area (Å²) in [6.45, 7) is 3.95. The van der Waals surface area contributed by atoms with Gasteiger partial charge in [0.25, 0.3) is 5.91 Å². The van der Waals surface area contributed by atoms with E-state index in [9.17, 15) is 14.7 Å². The van der Waals surface area contributed by atoms with E-state index in [1.807, 2.05) is 42.2 Å². The molecule has 172 valence electrons. The fourth-order valence-corrected chi connectivity index (χ4v) is 4.27. The molecule has 3 aromatic rings. The zero-order chi connectivity index (χ0) is 23.2. The molecule has 1 saturated heterocycles. The number of benzene rings is 2. The molecule has 1 aliphatic heterocycles. The number of pyridine rings is 1. The van der Waals surface area contributed by atoms with Crippen LogP contribution in [-0.4, -0.2) is 52.5 Å². The van der Waals surface area contributed by atoms with Crippen molar-refractivity contribution in [2.45, 2.75) is 38.8 Å². The topological polar surface area (TPSA) is 91.8 Å². The van der Waals surface area contributed by atoms with Gasteiger partial charge in [-0.2, -0.15) is 0 Å². The molecular weight excluding hydrogens is 418 g/mol. The summed E-state index contributed by atoms with van der Waals surface area (Å²) in [5.41, 5.74) is 3.39. The number of amides is 1. The Labute approximate surface area is 193 Å². The van der Waals surface area contributed by atoms with Gasteiger partial charge in [-0.1, -0.05) is 24.6 Å². The summed E-state index contributed by atoms with van der Waals surface area (Å²) in [5, 5.41) is 13.4. The number of aryl methyl sites for hydroxylation is 1. The predicted octanol–water partition coefficient (Wildman–Crippen LogP) is 3.79. The number of nitrogens with zero attached hydrogens (tertiary/aromatic N) is 2. The van der Waals surface area contributed by atoms with Crippen LogP contribution in [0.3, 0.4) is 0 Å². The quantitative estimate of drug-likeness (QED) is 0.546. The molecule has 1 amide bonds. The molecule has 2 N–H and O–H groups in total. The summed E-state index contributed by atoms with van der Waals surface area (Å²) in [4.78, 5) is 30.7. The van der Waals surface area contributed by atoms with Crippen molar-refractivity contribution >= 4 is 22.8 Å². The number of hydrogen-bond donors (Lipinski definition) is 2. The lowest BCUT2D eigenvalue weighted by molar-refractivity contribution is -0.143. The van der Waals surface area contributed by atoms with Gasteiger partial charge in [0.2, 0.25) is 0 Å². The second kappa shape index (κ2) is 10.4. The van der Waals surface area contributed by atoms with E-state index < -0.39 is 12.0 Å². The van der Waals surface area contributed by atoms with E-state index in [1.165, 1.54) is 0 Å². The number of aliphatic carboxylic acids is 1. The van der Waals surface area contributed by atoms with E-state index in [-0.39, 0.29) is 12.5 Å². The van der Waals surface area contributed by atoms with Crippen LogP contribution < -0.4 is 10.1 Å². The van der Waals surface area contributed by atoms with Crippen LogP contribution >= 0.6 is 0 Å². The molecule has 2 heterocycles. The Hall–Kier alpha value is -3.45. The molecule has 0 unspecified atom stereocenters. The maximum absolute atomic E-state index is 12.6. The molecule has 1 fully saturated rings. The number of nitrogens with one attached hydrogen (secondary N) is 1. The maximum Gasteiger partial charge on any atom is 0.322 e.